The zero-order valence-electron chi connectivity index (χ0n) is 15.8. The van der Waals surface area contributed by atoms with Crippen LogP contribution in [0.1, 0.15) is 58.0 Å². The second kappa shape index (κ2) is 7.24. The maximum atomic E-state index is 12.1. The molecule has 25 heavy (non-hydrogen) atoms. The quantitative estimate of drug-likeness (QED) is 0.817. The minimum atomic E-state index is -0.442. The van der Waals surface area contributed by atoms with Crippen molar-refractivity contribution in [1.82, 2.24) is 10.2 Å². The fourth-order valence-electron chi connectivity index (χ4n) is 3.12. The number of ether oxygens (including phenoxy) is 1. The van der Waals surface area contributed by atoms with Gasteiger partial charge in [-0.1, -0.05) is 18.6 Å². The molecule has 1 aliphatic carbocycles. The number of carbonyl (C=O) groups excluding carboxylic acids is 1. The highest BCUT2D eigenvalue weighted by molar-refractivity contribution is 5.68. The molecule has 1 aromatic heterocycles. The first-order chi connectivity index (χ1) is 11.8. The van der Waals surface area contributed by atoms with E-state index in [-0.39, 0.29) is 6.09 Å². The number of hydrogen-bond acceptors (Lipinski definition) is 4. The van der Waals surface area contributed by atoms with E-state index in [1.807, 2.05) is 20.8 Å². The summed E-state index contributed by atoms with van der Waals surface area (Å²) in [5.74, 6) is 3.54. The van der Waals surface area contributed by atoms with Gasteiger partial charge in [-0.05, 0) is 51.7 Å². The van der Waals surface area contributed by atoms with Crippen LogP contribution in [0.25, 0.3) is 0 Å². The van der Waals surface area contributed by atoms with Crippen LogP contribution in [0.5, 0.6) is 0 Å². The molecule has 0 aromatic carbocycles. The summed E-state index contributed by atoms with van der Waals surface area (Å²) in [6.07, 6.45) is 4.03. The van der Waals surface area contributed by atoms with Crippen molar-refractivity contribution in [2.24, 2.45) is 5.92 Å². The predicted molar refractivity (Wildman–Crippen MR) is 97.4 cm³/mol. The Balaban J connectivity index is 1.39. The van der Waals surface area contributed by atoms with Gasteiger partial charge in [0.25, 0.3) is 0 Å². The van der Waals surface area contributed by atoms with Crippen LogP contribution in [-0.4, -0.2) is 36.2 Å². The molecule has 1 N–H and O–H groups in total. The molecule has 1 aliphatic heterocycles. The summed E-state index contributed by atoms with van der Waals surface area (Å²) < 4.78 is 11.3. The Labute approximate surface area is 150 Å². The summed E-state index contributed by atoms with van der Waals surface area (Å²) in [6, 6.07) is 4.19. The number of furan rings is 1. The van der Waals surface area contributed by atoms with Gasteiger partial charge in [-0.15, -0.1) is 0 Å². The van der Waals surface area contributed by atoms with Gasteiger partial charge in [0.15, 0.2) is 0 Å². The maximum Gasteiger partial charge on any atom is 0.410 e. The average molecular weight is 346 g/mol. The average Bonchev–Trinajstić information content (AvgIpc) is 3.07. The summed E-state index contributed by atoms with van der Waals surface area (Å²) >= 11 is 0. The molecule has 1 amide bonds. The van der Waals surface area contributed by atoms with Gasteiger partial charge in [0, 0.05) is 25.6 Å². The van der Waals surface area contributed by atoms with E-state index in [9.17, 15) is 4.79 Å². The zero-order chi connectivity index (χ0) is 18.0. The fourth-order valence-corrected chi connectivity index (χ4v) is 3.12. The third-order valence-corrected chi connectivity index (χ3v) is 4.76. The molecule has 0 radical (unpaired) electrons. The summed E-state index contributed by atoms with van der Waals surface area (Å²) in [6.45, 7) is 10.9. The Kier molecular flexibility index (Phi) is 5.23. The lowest BCUT2D eigenvalue weighted by Gasteiger charge is -2.29. The predicted octanol–water partition coefficient (Wildman–Crippen LogP) is 4.06. The number of amides is 1. The summed E-state index contributed by atoms with van der Waals surface area (Å²) in [7, 11) is 0. The standard InChI is InChI=1S/C20H30N2O3/c1-14-11-17(14)18-6-5-16(24-18)13-21-12-15-7-9-22(10-8-15)19(23)25-20(2,3)4/h5-7,14,17,21H,8-13H2,1-4H3. The molecule has 138 valence electrons. The molecule has 0 bridgehead atoms. The highest BCUT2D eigenvalue weighted by Crippen LogP contribution is 2.47. The van der Waals surface area contributed by atoms with Crippen LogP contribution < -0.4 is 5.32 Å². The Morgan fingerprint density at radius 2 is 2.12 bits per heavy atom. The Morgan fingerprint density at radius 3 is 2.72 bits per heavy atom. The molecule has 3 rings (SSSR count). The topological polar surface area (TPSA) is 54.7 Å². The molecule has 2 heterocycles. The van der Waals surface area contributed by atoms with Crippen molar-refractivity contribution >= 4 is 6.09 Å². The summed E-state index contributed by atoms with van der Waals surface area (Å²) in [4.78, 5) is 13.8. The molecule has 2 atom stereocenters. The van der Waals surface area contributed by atoms with Gasteiger partial charge < -0.3 is 19.4 Å². The van der Waals surface area contributed by atoms with E-state index in [0.717, 1.165) is 36.9 Å². The van der Waals surface area contributed by atoms with Gasteiger partial charge >= 0.3 is 6.09 Å². The number of rotatable bonds is 5. The molecular weight excluding hydrogens is 316 g/mol. The third-order valence-electron chi connectivity index (χ3n) is 4.76. The highest BCUT2D eigenvalue weighted by Gasteiger charge is 2.36. The lowest BCUT2D eigenvalue weighted by atomic mass is 10.1. The Hall–Kier alpha value is -1.75. The first-order valence-corrected chi connectivity index (χ1v) is 9.27. The molecular formula is C20H30N2O3. The van der Waals surface area contributed by atoms with E-state index >= 15 is 0 Å². The van der Waals surface area contributed by atoms with Crippen LogP contribution in [0.4, 0.5) is 4.79 Å². The van der Waals surface area contributed by atoms with Crippen LogP contribution >= 0.6 is 0 Å². The van der Waals surface area contributed by atoms with Gasteiger partial charge in [0.05, 0.1) is 6.54 Å². The van der Waals surface area contributed by atoms with Crippen LogP contribution in [-0.2, 0) is 11.3 Å². The summed E-state index contributed by atoms with van der Waals surface area (Å²) in [5.41, 5.74) is 0.894. The van der Waals surface area contributed by atoms with E-state index in [1.54, 1.807) is 4.90 Å². The van der Waals surface area contributed by atoms with Crippen molar-refractivity contribution in [2.45, 2.75) is 58.6 Å². The number of carbonyl (C=O) groups is 1. The SMILES string of the molecule is CC1CC1c1ccc(CNCC2=CCN(C(=O)OC(C)(C)C)CC2)o1. The third kappa shape index (κ3) is 5.11. The van der Waals surface area contributed by atoms with Crippen LogP contribution in [0.3, 0.4) is 0 Å². The lowest BCUT2D eigenvalue weighted by Crippen LogP contribution is -2.39. The van der Waals surface area contributed by atoms with Crippen LogP contribution in [0, 0.1) is 5.92 Å². The molecule has 5 nitrogen and oxygen atoms in total. The van der Waals surface area contributed by atoms with E-state index in [2.05, 4.69) is 30.4 Å². The van der Waals surface area contributed by atoms with E-state index in [0.29, 0.717) is 19.0 Å². The maximum absolute atomic E-state index is 12.1. The molecule has 2 unspecified atom stereocenters. The number of nitrogens with one attached hydrogen (secondary N) is 1. The molecule has 1 saturated carbocycles. The van der Waals surface area contributed by atoms with Gasteiger partial charge in [-0.2, -0.15) is 0 Å². The van der Waals surface area contributed by atoms with E-state index in [1.165, 1.54) is 12.0 Å². The van der Waals surface area contributed by atoms with Gasteiger partial charge in [0.2, 0.25) is 0 Å². The zero-order valence-corrected chi connectivity index (χ0v) is 15.8. The Morgan fingerprint density at radius 1 is 1.36 bits per heavy atom. The van der Waals surface area contributed by atoms with Crippen molar-refractivity contribution in [1.29, 1.82) is 0 Å². The molecule has 0 spiro atoms. The van der Waals surface area contributed by atoms with Crippen molar-refractivity contribution in [3.63, 3.8) is 0 Å². The monoisotopic (exact) mass is 346 g/mol. The van der Waals surface area contributed by atoms with E-state index in [4.69, 9.17) is 9.15 Å². The van der Waals surface area contributed by atoms with Gasteiger partial charge in [-0.25, -0.2) is 4.79 Å². The van der Waals surface area contributed by atoms with Crippen molar-refractivity contribution in [3.8, 4) is 0 Å². The first kappa shape index (κ1) is 18.1. The minimum Gasteiger partial charge on any atom is -0.464 e. The molecule has 0 saturated heterocycles. The molecule has 2 aliphatic rings. The summed E-state index contributed by atoms with van der Waals surface area (Å²) in [5, 5.41) is 3.44. The highest BCUT2D eigenvalue weighted by atomic mass is 16.6. The largest absolute Gasteiger partial charge is 0.464 e. The van der Waals surface area contributed by atoms with Crippen LogP contribution in [0.2, 0.25) is 0 Å². The number of nitrogens with zero attached hydrogens (tertiary/aromatic N) is 1. The molecule has 5 heteroatoms. The van der Waals surface area contributed by atoms with Gasteiger partial charge in [0.1, 0.15) is 17.1 Å². The van der Waals surface area contributed by atoms with Crippen molar-refractivity contribution < 1.29 is 13.9 Å². The normalized spacial score (nSPS) is 23.4. The van der Waals surface area contributed by atoms with Gasteiger partial charge in [-0.3, -0.25) is 0 Å². The molecule has 1 fully saturated rings. The second-order valence-electron chi connectivity index (χ2n) is 8.27. The smallest absolute Gasteiger partial charge is 0.410 e. The second-order valence-corrected chi connectivity index (χ2v) is 8.27. The molecule has 1 aromatic rings. The Bertz CT molecular complexity index is 642. The number of hydrogen-bond donors (Lipinski definition) is 1. The fraction of sp³-hybridized carbons (Fsp3) is 0.650. The van der Waals surface area contributed by atoms with E-state index < -0.39 is 5.60 Å². The lowest BCUT2D eigenvalue weighted by molar-refractivity contribution is 0.0265. The van der Waals surface area contributed by atoms with Crippen molar-refractivity contribution in [3.05, 3.63) is 35.3 Å². The van der Waals surface area contributed by atoms with Crippen molar-refractivity contribution in [2.75, 3.05) is 19.6 Å². The minimum absolute atomic E-state index is 0.229. The first-order valence-electron chi connectivity index (χ1n) is 9.27. The van der Waals surface area contributed by atoms with Crippen LogP contribution in [0.15, 0.2) is 28.2 Å².